The minimum Gasteiger partial charge on any atom is -0.480 e. The Bertz CT molecular complexity index is 3050. The number of Topliss-reactive ketones (excluding diaryl/α,β-unsaturated/α-hetero) is 1. The molecule has 73 heavy (non-hydrogen) atoms. The number of nitrogens with zero attached hydrogens (tertiary/aromatic N) is 5. The molecule has 0 saturated carbocycles. The molecule has 6 rings (SSSR count). The molecule has 2 aromatic heterocycles. The molecule has 0 unspecified atom stereocenters. The normalized spacial score (nSPS) is 10.8. The van der Waals surface area contributed by atoms with E-state index in [0.717, 1.165) is 11.1 Å². The van der Waals surface area contributed by atoms with Crippen LogP contribution in [0.3, 0.4) is 0 Å². The summed E-state index contributed by atoms with van der Waals surface area (Å²) < 4.78 is 34.5. The third kappa shape index (κ3) is 15.8. The van der Waals surface area contributed by atoms with Gasteiger partial charge < -0.3 is 42.0 Å². The lowest BCUT2D eigenvalue weighted by molar-refractivity contribution is -0.138. The van der Waals surface area contributed by atoms with Crippen LogP contribution < -0.4 is 22.1 Å². The average Bonchev–Trinajstić information content (AvgIpc) is 3.90. The Hall–Kier alpha value is -7.82. The number of carbonyl (C=O) groups is 8. The van der Waals surface area contributed by atoms with Gasteiger partial charge in [-0.2, -0.15) is 10.2 Å². The van der Waals surface area contributed by atoms with Crippen LogP contribution in [0.25, 0.3) is 21.8 Å². The number of benzene rings is 4. The number of nitrogens with two attached hydrogens (primary N) is 2. The summed E-state index contributed by atoms with van der Waals surface area (Å²) in [5.41, 5.74) is 12.2. The van der Waals surface area contributed by atoms with Crippen molar-refractivity contribution in [3.63, 3.8) is 0 Å². The van der Waals surface area contributed by atoms with Gasteiger partial charge in [-0.25, -0.2) is 13.6 Å². The summed E-state index contributed by atoms with van der Waals surface area (Å²) in [7, 11) is 1.23. The summed E-state index contributed by atoms with van der Waals surface area (Å²) in [5, 5.41) is 31.8. The van der Waals surface area contributed by atoms with Crippen LogP contribution in [0, 0.1) is 17.6 Å². The molecule has 20 nitrogen and oxygen atoms in total. The number of primary amides is 2. The van der Waals surface area contributed by atoms with Gasteiger partial charge in [-0.05, 0) is 74.7 Å². The van der Waals surface area contributed by atoms with Crippen LogP contribution in [0.1, 0.15) is 93.4 Å². The third-order valence-corrected chi connectivity index (χ3v) is 11.2. The number of ketones is 1. The number of aromatic nitrogens is 4. The van der Waals surface area contributed by atoms with Gasteiger partial charge in [0.1, 0.15) is 31.3 Å². The van der Waals surface area contributed by atoms with E-state index in [2.05, 4.69) is 39.4 Å². The molecular formula is C49H53Cl2F2N9O11. The minimum absolute atomic E-state index is 0.0573. The predicted molar refractivity (Wildman–Crippen MR) is 264 cm³/mol. The van der Waals surface area contributed by atoms with Crippen LogP contribution in [-0.2, 0) is 50.1 Å². The molecule has 0 saturated heterocycles. The number of amides is 5. The minimum atomic E-state index is -1.11. The fourth-order valence-corrected chi connectivity index (χ4v) is 7.24. The zero-order valence-electron chi connectivity index (χ0n) is 40.2. The Kier molecular flexibility index (Phi) is 21.0. The number of hydrogen-bond donors (Lipinski definition) is 6. The molecule has 0 aliphatic carbocycles. The predicted octanol–water partition coefficient (Wildman–Crippen LogP) is 5.19. The number of carboxylic acids is 1. The lowest BCUT2D eigenvalue weighted by atomic mass is 10.1. The number of ether oxygens (including phenoxy) is 1. The molecule has 0 aliphatic rings. The second-order valence-corrected chi connectivity index (χ2v) is 17.5. The number of carboxylic acid groups (broad SMARTS) is 1. The van der Waals surface area contributed by atoms with E-state index in [0.29, 0.717) is 34.3 Å². The van der Waals surface area contributed by atoms with E-state index in [1.165, 1.54) is 71.3 Å². The summed E-state index contributed by atoms with van der Waals surface area (Å²) in [6, 6.07) is 17.5. The van der Waals surface area contributed by atoms with Crippen LogP contribution in [0.15, 0.2) is 72.8 Å². The smallest absolute Gasteiger partial charge is 0.337 e. The molecular weight excluding hydrogens is 999 g/mol. The first kappa shape index (κ1) is 57.8. The maximum absolute atomic E-state index is 14.1. The number of aliphatic carboxylic acids is 1. The van der Waals surface area contributed by atoms with Crippen LogP contribution in [0.5, 0.6) is 0 Å². The van der Waals surface area contributed by atoms with E-state index in [4.69, 9.17) is 44.9 Å². The molecule has 0 fully saturated rings. The first-order valence-corrected chi connectivity index (χ1v) is 23.0. The molecule has 0 aliphatic heterocycles. The number of nitrogens with one attached hydrogen (secondary N) is 2. The van der Waals surface area contributed by atoms with Crippen molar-refractivity contribution in [2.24, 2.45) is 17.4 Å². The largest absolute Gasteiger partial charge is 0.480 e. The SMILES string of the molecule is CC(C)CCC(=O)NCc1cccc(Cl)c1F.CC(C)N(CC(=O)NCc1cccc(Cl)c1F)C(=O)Cn1nc(C(N)=O)c2cc(C(=O)CO)ccc21.COC(=O)c1ccc2c(c1)c(C(N)=O)nn2CC(=O)O. The summed E-state index contributed by atoms with van der Waals surface area (Å²) >= 11 is 11.4. The molecule has 5 amide bonds. The zero-order valence-corrected chi connectivity index (χ0v) is 41.7. The topological polar surface area (TPSA) is 301 Å². The standard InChI is InChI=1S/C24H25ClFN5O5.C13H17ClFNO.C12H11N3O5/c1-13(2)30(10-20(34)28-9-15-4-3-5-17(25)22(15)26)21(35)11-31-18-7-6-14(19(33)12-32)8-16(18)23(29-31)24(27)36;1-9(2)6-7-12(17)16-8-10-4-3-5-11(14)13(10)15;1-20-12(19)6-2-3-8-7(4-6)10(11(13)18)14-15(8)5-9(16)17/h3-8,13,32H,9-12H2,1-2H3,(H2,27,36)(H,28,34);3-5,9H,6-8H2,1-2H3,(H,16,17);2-4H,5H2,1H3,(H2,13,18)(H,16,17). The van der Waals surface area contributed by atoms with Crippen molar-refractivity contribution in [1.82, 2.24) is 35.1 Å². The van der Waals surface area contributed by atoms with Crippen molar-refractivity contribution in [2.75, 3.05) is 20.3 Å². The fourth-order valence-electron chi connectivity index (χ4n) is 6.86. The van der Waals surface area contributed by atoms with Gasteiger partial charge in [0, 0.05) is 53.0 Å². The van der Waals surface area contributed by atoms with Crippen LogP contribution in [0.2, 0.25) is 10.0 Å². The maximum atomic E-state index is 14.1. The summed E-state index contributed by atoms with van der Waals surface area (Å²) in [4.78, 5) is 95.7. The van der Waals surface area contributed by atoms with Crippen molar-refractivity contribution in [1.29, 1.82) is 0 Å². The number of aliphatic hydroxyl groups excluding tert-OH is 1. The second kappa shape index (κ2) is 26.6. The molecule has 6 aromatic rings. The van der Waals surface area contributed by atoms with Gasteiger partial charge in [-0.15, -0.1) is 0 Å². The van der Waals surface area contributed by atoms with Crippen molar-refractivity contribution in [2.45, 2.75) is 72.8 Å². The highest BCUT2D eigenvalue weighted by molar-refractivity contribution is 6.31. The van der Waals surface area contributed by atoms with E-state index in [9.17, 15) is 47.1 Å². The molecule has 388 valence electrons. The van der Waals surface area contributed by atoms with Gasteiger partial charge in [0.25, 0.3) is 11.8 Å². The molecule has 4 aromatic carbocycles. The summed E-state index contributed by atoms with van der Waals surface area (Å²) in [6.07, 6.45) is 1.31. The van der Waals surface area contributed by atoms with E-state index < -0.39 is 66.1 Å². The van der Waals surface area contributed by atoms with Gasteiger partial charge in [0.2, 0.25) is 17.7 Å². The Labute approximate surface area is 426 Å². The number of rotatable bonds is 19. The number of methoxy groups -OCH3 is 1. The van der Waals surface area contributed by atoms with E-state index >= 15 is 0 Å². The van der Waals surface area contributed by atoms with Crippen molar-refractivity contribution in [3.8, 4) is 0 Å². The zero-order chi connectivity index (χ0) is 54.3. The van der Waals surface area contributed by atoms with Crippen LogP contribution >= 0.6 is 23.2 Å². The molecule has 0 atom stereocenters. The van der Waals surface area contributed by atoms with Gasteiger partial charge >= 0.3 is 11.9 Å². The van der Waals surface area contributed by atoms with Crippen LogP contribution in [0.4, 0.5) is 8.78 Å². The Morgan fingerprint density at radius 2 is 1.21 bits per heavy atom. The average molecular weight is 1050 g/mol. The highest BCUT2D eigenvalue weighted by Crippen LogP contribution is 2.24. The van der Waals surface area contributed by atoms with Gasteiger partial charge in [0.15, 0.2) is 17.2 Å². The Morgan fingerprint density at radius 1 is 0.726 bits per heavy atom. The third-order valence-electron chi connectivity index (χ3n) is 10.6. The fraction of sp³-hybridized carbons (Fsp3) is 0.306. The number of halogens is 4. The monoisotopic (exact) mass is 1050 g/mol. The highest BCUT2D eigenvalue weighted by atomic mass is 35.5. The quantitative estimate of drug-likeness (QED) is 0.0450. The van der Waals surface area contributed by atoms with Crippen molar-refractivity contribution >= 4 is 92.3 Å². The molecule has 0 bridgehead atoms. The van der Waals surface area contributed by atoms with Crippen molar-refractivity contribution < 1.29 is 62.1 Å². The van der Waals surface area contributed by atoms with E-state index in [1.54, 1.807) is 32.0 Å². The van der Waals surface area contributed by atoms with E-state index in [1.807, 2.05) is 0 Å². The van der Waals surface area contributed by atoms with E-state index in [-0.39, 0.29) is 81.6 Å². The number of esters is 1. The first-order valence-electron chi connectivity index (χ1n) is 22.2. The summed E-state index contributed by atoms with van der Waals surface area (Å²) in [5.74, 6) is -5.52. The second-order valence-electron chi connectivity index (χ2n) is 16.7. The number of carbonyl (C=O) groups excluding carboxylic acids is 7. The van der Waals surface area contributed by atoms with Gasteiger partial charge in [-0.1, -0.05) is 61.3 Å². The Balaban J connectivity index is 0.000000262. The van der Waals surface area contributed by atoms with Gasteiger partial charge in [0.05, 0.1) is 40.3 Å². The van der Waals surface area contributed by atoms with Crippen molar-refractivity contribution in [3.05, 3.63) is 128 Å². The number of fused-ring (bicyclic) bond motifs is 2. The molecule has 2 heterocycles. The summed E-state index contributed by atoms with van der Waals surface area (Å²) in [6.45, 7) is 5.92. The Morgan fingerprint density at radius 3 is 1.66 bits per heavy atom. The van der Waals surface area contributed by atoms with Crippen LogP contribution in [-0.4, -0.2) is 108 Å². The molecule has 0 radical (unpaired) electrons. The molecule has 0 spiro atoms. The molecule has 8 N–H and O–H groups in total. The molecule has 24 heteroatoms. The maximum Gasteiger partial charge on any atom is 0.337 e. The lowest BCUT2D eigenvalue weighted by Gasteiger charge is -2.26. The van der Waals surface area contributed by atoms with Gasteiger partial charge in [-0.3, -0.25) is 42.9 Å². The highest BCUT2D eigenvalue weighted by Gasteiger charge is 2.25. The first-order chi connectivity index (χ1) is 34.5. The lowest BCUT2D eigenvalue weighted by Crippen LogP contribution is -2.45. The number of aliphatic hydroxyl groups is 1. The number of hydrogen-bond acceptors (Lipinski definition) is 12.